The summed E-state index contributed by atoms with van der Waals surface area (Å²) >= 11 is 0. The minimum absolute atomic E-state index is 0.0626. The number of halogens is 1. The van der Waals surface area contributed by atoms with Crippen LogP contribution in [0.1, 0.15) is 21.5 Å². The Kier molecular flexibility index (Phi) is 6.29. The summed E-state index contributed by atoms with van der Waals surface area (Å²) < 4.78 is 19.2. The van der Waals surface area contributed by atoms with Gasteiger partial charge >= 0.3 is 0 Å². The minimum atomic E-state index is -0.792. The van der Waals surface area contributed by atoms with Gasteiger partial charge in [0.05, 0.1) is 24.0 Å². The molecular formula is C21H22FN3O5. The minimum Gasteiger partial charge on any atom is -0.497 e. The molecule has 3 rings (SSSR count). The van der Waals surface area contributed by atoms with E-state index >= 15 is 0 Å². The van der Waals surface area contributed by atoms with Crippen LogP contribution in [0.2, 0.25) is 0 Å². The van der Waals surface area contributed by atoms with Gasteiger partial charge in [-0.3, -0.25) is 19.7 Å². The number of hydrogen-bond acceptors (Lipinski definition) is 5. The van der Waals surface area contributed by atoms with Gasteiger partial charge in [-0.15, -0.1) is 0 Å². The van der Waals surface area contributed by atoms with Crippen LogP contribution in [-0.2, 0) is 11.2 Å². The first-order chi connectivity index (χ1) is 14.3. The summed E-state index contributed by atoms with van der Waals surface area (Å²) in [7, 11) is 1.56. The predicted molar refractivity (Wildman–Crippen MR) is 107 cm³/mol. The fourth-order valence-corrected chi connectivity index (χ4v) is 3.39. The summed E-state index contributed by atoms with van der Waals surface area (Å²) in [5, 5.41) is 11.1. The van der Waals surface area contributed by atoms with Crippen LogP contribution in [0.4, 0.5) is 10.1 Å². The van der Waals surface area contributed by atoms with Crippen molar-refractivity contribution in [3.8, 4) is 5.75 Å². The molecule has 2 aromatic rings. The molecule has 0 atom stereocenters. The zero-order valence-corrected chi connectivity index (χ0v) is 16.8. The Labute approximate surface area is 173 Å². The molecule has 0 N–H and O–H groups in total. The second-order valence-electron chi connectivity index (χ2n) is 7.06. The monoisotopic (exact) mass is 415 g/mol. The number of amides is 2. The lowest BCUT2D eigenvalue weighted by molar-refractivity contribution is -0.385. The van der Waals surface area contributed by atoms with Gasteiger partial charge in [-0.25, -0.2) is 4.39 Å². The van der Waals surface area contributed by atoms with E-state index in [1.54, 1.807) is 24.1 Å². The smallest absolute Gasteiger partial charge is 0.276 e. The summed E-state index contributed by atoms with van der Waals surface area (Å²) in [5.41, 5.74) is 0.233. The van der Waals surface area contributed by atoms with E-state index in [0.29, 0.717) is 18.8 Å². The molecule has 8 nitrogen and oxygen atoms in total. The molecule has 1 fully saturated rings. The van der Waals surface area contributed by atoms with Crippen LogP contribution in [-0.4, -0.2) is 59.8 Å². The van der Waals surface area contributed by atoms with Crippen LogP contribution < -0.4 is 4.74 Å². The number of rotatable bonds is 5. The molecule has 9 heteroatoms. The van der Waals surface area contributed by atoms with E-state index in [2.05, 4.69) is 0 Å². The Morgan fingerprint density at radius 2 is 1.80 bits per heavy atom. The molecule has 1 heterocycles. The van der Waals surface area contributed by atoms with E-state index in [-0.39, 0.29) is 36.5 Å². The van der Waals surface area contributed by atoms with Crippen LogP contribution >= 0.6 is 0 Å². The van der Waals surface area contributed by atoms with Gasteiger partial charge in [-0.2, -0.15) is 0 Å². The SMILES string of the molecule is COc1cccc(CC(=O)N2CCN(C(=O)c3cc(F)c(C)c([N+](=O)[O-])c3)CC2)c1. The molecule has 158 valence electrons. The van der Waals surface area contributed by atoms with Gasteiger partial charge < -0.3 is 14.5 Å². The number of piperazine rings is 1. The first-order valence-electron chi connectivity index (χ1n) is 9.44. The van der Waals surface area contributed by atoms with Crippen LogP contribution in [0, 0.1) is 22.9 Å². The van der Waals surface area contributed by atoms with E-state index in [1.807, 2.05) is 12.1 Å². The Hall–Kier alpha value is -3.49. The maximum atomic E-state index is 14.0. The lowest BCUT2D eigenvalue weighted by Gasteiger charge is -2.35. The van der Waals surface area contributed by atoms with E-state index in [0.717, 1.165) is 17.7 Å². The van der Waals surface area contributed by atoms with Crippen LogP contribution in [0.3, 0.4) is 0 Å². The van der Waals surface area contributed by atoms with Crippen LogP contribution in [0.25, 0.3) is 0 Å². The average Bonchev–Trinajstić information content (AvgIpc) is 2.75. The first kappa shape index (κ1) is 21.2. The molecule has 0 spiro atoms. The first-order valence-corrected chi connectivity index (χ1v) is 9.44. The molecule has 30 heavy (non-hydrogen) atoms. The van der Waals surface area contributed by atoms with Crippen LogP contribution in [0.5, 0.6) is 5.75 Å². The summed E-state index contributed by atoms with van der Waals surface area (Å²) in [6, 6.07) is 9.39. The van der Waals surface area contributed by atoms with Gasteiger partial charge in [-0.05, 0) is 30.7 Å². The molecule has 2 amide bonds. The molecule has 1 aliphatic heterocycles. The summed E-state index contributed by atoms with van der Waals surface area (Å²) in [6.07, 6.45) is 0.223. The Balaban J connectivity index is 1.63. The third kappa shape index (κ3) is 4.56. The van der Waals surface area contributed by atoms with Crippen molar-refractivity contribution >= 4 is 17.5 Å². The third-order valence-corrected chi connectivity index (χ3v) is 5.17. The Morgan fingerprint density at radius 1 is 1.13 bits per heavy atom. The quantitative estimate of drug-likeness (QED) is 0.553. The lowest BCUT2D eigenvalue weighted by atomic mass is 10.1. The highest BCUT2D eigenvalue weighted by Crippen LogP contribution is 2.24. The highest BCUT2D eigenvalue weighted by atomic mass is 19.1. The lowest BCUT2D eigenvalue weighted by Crippen LogP contribution is -2.51. The topological polar surface area (TPSA) is 93.0 Å². The molecule has 0 radical (unpaired) electrons. The second-order valence-corrected chi connectivity index (χ2v) is 7.06. The zero-order chi connectivity index (χ0) is 21.8. The van der Waals surface area contributed by atoms with Crippen molar-refractivity contribution in [3.63, 3.8) is 0 Å². The highest BCUT2D eigenvalue weighted by molar-refractivity contribution is 5.95. The maximum Gasteiger partial charge on any atom is 0.276 e. The van der Waals surface area contributed by atoms with Crippen molar-refractivity contribution in [2.75, 3.05) is 33.3 Å². The van der Waals surface area contributed by atoms with E-state index < -0.39 is 22.3 Å². The van der Waals surface area contributed by atoms with Crippen molar-refractivity contribution in [2.45, 2.75) is 13.3 Å². The second kappa shape index (κ2) is 8.89. The number of carbonyl (C=O) groups excluding carboxylic acids is 2. The largest absolute Gasteiger partial charge is 0.497 e. The molecule has 1 aliphatic rings. The highest BCUT2D eigenvalue weighted by Gasteiger charge is 2.27. The summed E-state index contributed by atoms with van der Waals surface area (Å²) in [5.74, 6) is -0.668. The fraction of sp³-hybridized carbons (Fsp3) is 0.333. The van der Waals surface area contributed by atoms with Crippen molar-refractivity contribution < 1.29 is 23.6 Å². The normalized spacial score (nSPS) is 13.8. The summed E-state index contributed by atoms with van der Waals surface area (Å²) in [4.78, 5) is 38.8. The molecule has 0 bridgehead atoms. The fourth-order valence-electron chi connectivity index (χ4n) is 3.39. The molecule has 2 aromatic carbocycles. The van der Waals surface area contributed by atoms with Gasteiger partial charge in [0.2, 0.25) is 5.91 Å². The van der Waals surface area contributed by atoms with Crippen molar-refractivity contribution in [1.82, 2.24) is 9.80 Å². The number of methoxy groups -OCH3 is 1. The van der Waals surface area contributed by atoms with Gasteiger partial charge in [0.1, 0.15) is 11.6 Å². The molecular weight excluding hydrogens is 393 g/mol. The predicted octanol–water partition coefficient (Wildman–Crippen LogP) is 2.58. The van der Waals surface area contributed by atoms with Gasteiger partial charge in [0.15, 0.2) is 0 Å². The zero-order valence-electron chi connectivity index (χ0n) is 16.8. The molecule has 0 aliphatic carbocycles. The van der Waals surface area contributed by atoms with Crippen molar-refractivity contribution in [3.05, 3.63) is 69.0 Å². The van der Waals surface area contributed by atoms with Crippen molar-refractivity contribution in [1.29, 1.82) is 0 Å². The average molecular weight is 415 g/mol. The number of nitro benzene ring substituents is 1. The van der Waals surface area contributed by atoms with Crippen molar-refractivity contribution in [2.24, 2.45) is 0 Å². The Bertz CT molecular complexity index is 987. The standard InChI is InChI=1S/C21H22FN3O5/c1-14-18(22)12-16(13-19(14)25(28)29)21(27)24-8-6-23(7-9-24)20(26)11-15-4-3-5-17(10-15)30-2/h3-5,10,12-13H,6-9,11H2,1-2H3. The molecule has 0 saturated carbocycles. The van der Waals surface area contributed by atoms with Gasteiger partial charge in [0.25, 0.3) is 11.6 Å². The third-order valence-electron chi connectivity index (χ3n) is 5.17. The number of ether oxygens (including phenoxy) is 1. The summed E-state index contributed by atoms with van der Waals surface area (Å²) in [6.45, 7) is 2.52. The van der Waals surface area contributed by atoms with Gasteiger partial charge in [-0.1, -0.05) is 12.1 Å². The molecule has 0 aromatic heterocycles. The van der Waals surface area contributed by atoms with Gasteiger partial charge in [0, 0.05) is 37.8 Å². The number of nitro groups is 1. The van der Waals surface area contributed by atoms with E-state index in [1.165, 1.54) is 11.8 Å². The number of hydrogen-bond donors (Lipinski definition) is 0. The molecule has 0 unspecified atom stereocenters. The number of nitrogens with zero attached hydrogens (tertiary/aromatic N) is 3. The molecule has 1 saturated heterocycles. The number of carbonyl (C=O) groups is 2. The number of benzene rings is 2. The van der Waals surface area contributed by atoms with Crippen LogP contribution in [0.15, 0.2) is 36.4 Å². The Morgan fingerprint density at radius 3 is 2.43 bits per heavy atom. The maximum absolute atomic E-state index is 14.0. The van der Waals surface area contributed by atoms with E-state index in [9.17, 15) is 24.1 Å². The van der Waals surface area contributed by atoms with E-state index in [4.69, 9.17) is 4.74 Å².